The maximum atomic E-state index is 12.3. The molecule has 106 valence electrons. The van der Waals surface area contributed by atoms with Gasteiger partial charge in [-0.05, 0) is 17.2 Å². The Hall–Kier alpha value is -1.41. The van der Waals surface area contributed by atoms with Crippen LogP contribution >= 0.6 is 11.3 Å². The Morgan fingerprint density at radius 3 is 2.80 bits per heavy atom. The predicted octanol–water partition coefficient (Wildman–Crippen LogP) is 1.27. The highest BCUT2D eigenvalue weighted by atomic mass is 32.2. The van der Waals surface area contributed by atoms with E-state index in [4.69, 9.17) is 5.73 Å². The molecule has 1 aromatic heterocycles. The minimum Gasteiger partial charge on any atom is -0.398 e. The van der Waals surface area contributed by atoms with Crippen LogP contribution in [0.3, 0.4) is 0 Å². The minimum absolute atomic E-state index is 0.159. The molecule has 1 aromatic carbocycles. The Bertz CT molecular complexity index is 740. The zero-order valence-corrected chi connectivity index (χ0v) is 12.1. The van der Waals surface area contributed by atoms with Crippen LogP contribution in [-0.4, -0.2) is 19.6 Å². The van der Waals surface area contributed by atoms with Crippen molar-refractivity contribution in [3.8, 4) is 0 Å². The molecule has 5 nitrogen and oxygen atoms in total. The van der Waals surface area contributed by atoms with Crippen molar-refractivity contribution in [1.29, 1.82) is 0 Å². The van der Waals surface area contributed by atoms with Gasteiger partial charge in [0.15, 0.2) is 0 Å². The first-order chi connectivity index (χ1) is 9.47. The van der Waals surface area contributed by atoms with E-state index in [0.29, 0.717) is 12.1 Å². The number of nitrogens with one attached hydrogen (secondary N) is 1. The van der Waals surface area contributed by atoms with Crippen LogP contribution in [0.1, 0.15) is 17.2 Å². The van der Waals surface area contributed by atoms with Gasteiger partial charge in [0.05, 0.1) is 12.1 Å². The number of fused-ring (bicyclic) bond motifs is 1. The molecule has 1 aliphatic rings. The van der Waals surface area contributed by atoms with Gasteiger partial charge >= 0.3 is 0 Å². The third kappa shape index (κ3) is 2.33. The zero-order chi connectivity index (χ0) is 14.3. The van der Waals surface area contributed by atoms with Crippen molar-refractivity contribution in [3.05, 3.63) is 46.8 Å². The van der Waals surface area contributed by atoms with Gasteiger partial charge in [0.1, 0.15) is 4.21 Å². The van der Waals surface area contributed by atoms with Crippen molar-refractivity contribution in [1.82, 2.24) is 4.72 Å². The molecule has 0 unspecified atom stereocenters. The van der Waals surface area contributed by atoms with E-state index in [9.17, 15) is 13.5 Å². The van der Waals surface area contributed by atoms with E-state index in [-0.39, 0.29) is 4.21 Å². The third-order valence-electron chi connectivity index (χ3n) is 3.35. The number of rotatable bonds is 3. The molecule has 2 aromatic rings. The van der Waals surface area contributed by atoms with Crippen LogP contribution in [0.4, 0.5) is 5.69 Å². The maximum absolute atomic E-state index is 12.3. The van der Waals surface area contributed by atoms with Crippen molar-refractivity contribution in [3.63, 3.8) is 0 Å². The fraction of sp³-hybridized carbons (Fsp3) is 0.231. The monoisotopic (exact) mass is 310 g/mol. The number of benzene rings is 1. The highest BCUT2D eigenvalue weighted by Crippen LogP contribution is 2.33. The van der Waals surface area contributed by atoms with E-state index in [1.54, 1.807) is 5.38 Å². The second kappa shape index (κ2) is 4.85. The van der Waals surface area contributed by atoms with Gasteiger partial charge in [-0.15, -0.1) is 11.3 Å². The molecule has 0 spiro atoms. The highest BCUT2D eigenvalue weighted by Gasteiger charge is 2.34. The molecule has 0 saturated heterocycles. The summed E-state index contributed by atoms with van der Waals surface area (Å²) in [5.41, 5.74) is 7.77. The summed E-state index contributed by atoms with van der Waals surface area (Å²) in [6.07, 6.45) is -0.296. The fourth-order valence-corrected chi connectivity index (χ4v) is 4.76. The number of hydrogen-bond acceptors (Lipinski definition) is 5. The molecule has 1 heterocycles. The fourth-order valence-electron chi connectivity index (χ4n) is 2.41. The van der Waals surface area contributed by atoms with Gasteiger partial charge in [0.25, 0.3) is 10.0 Å². The van der Waals surface area contributed by atoms with Gasteiger partial charge in [-0.25, -0.2) is 13.1 Å². The van der Waals surface area contributed by atoms with Crippen LogP contribution in [0, 0.1) is 0 Å². The van der Waals surface area contributed by atoms with E-state index in [1.807, 2.05) is 24.3 Å². The second-order valence-electron chi connectivity index (χ2n) is 4.77. The number of aliphatic hydroxyl groups is 1. The Morgan fingerprint density at radius 2 is 2.10 bits per heavy atom. The lowest BCUT2D eigenvalue weighted by Gasteiger charge is -2.17. The molecular weight excluding hydrogens is 296 g/mol. The number of sulfonamides is 1. The molecule has 0 radical (unpaired) electrons. The quantitative estimate of drug-likeness (QED) is 0.796. The van der Waals surface area contributed by atoms with Crippen molar-refractivity contribution in [2.45, 2.75) is 22.8 Å². The van der Waals surface area contributed by atoms with Crippen LogP contribution < -0.4 is 10.5 Å². The van der Waals surface area contributed by atoms with Gasteiger partial charge in [-0.1, -0.05) is 24.3 Å². The number of aliphatic hydroxyl groups excluding tert-OH is 1. The molecule has 2 atom stereocenters. The normalized spacial score (nSPS) is 21.9. The summed E-state index contributed by atoms with van der Waals surface area (Å²) in [5.74, 6) is 0. The van der Waals surface area contributed by atoms with Gasteiger partial charge in [-0.2, -0.15) is 0 Å². The standard InChI is InChI=1S/C13H14N2O3S2/c14-9-6-12(19-7-9)20(17,18)15-13-10-4-2-1-3-8(10)5-11(13)16/h1-4,6-7,11,13,15-16H,5,14H2/t11-,13+/m1/s1. The average molecular weight is 310 g/mol. The summed E-state index contributed by atoms with van der Waals surface area (Å²) in [5, 5.41) is 11.7. The lowest BCUT2D eigenvalue weighted by Crippen LogP contribution is -2.33. The molecule has 0 amide bonds. The Kier molecular flexibility index (Phi) is 3.29. The Balaban J connectivity index is 1.92. The molecule has 4 N–H and O–H groups in total. The second-order valence-corrected chi connectivity index (χ2v) is 7.62. The number of anilines is 1. The summed E-state index contributed by atoms with van der Waals surface area (Å²) >= 11 is 1.07. The van der Waals surface area contributed by atoms with Gasteiger partial charge in [-0.3, -0.25) is 0 Å². The number of hydrogen-bond donors (Lipinski definition) is 3. The van der Waals surface area contributed by atoms with Crippen molar-refractivity contribution < 1.29 is 13.5 Å². The van der Waals surface area contributed by atoms with Crippen LogP contribution in [0.25, 0.3) is 0 Å². The Labute approximate surface area is 121 Å². The summed E-state index contributed by atoms with van der Waals surface area (Å²) in [7, 11) is -3.67. The Morgan fingerprint density at radius 1 is 1.35 bits per heavy atom. The molecule has 20 heavy (non-hydrogen) atoms. The minimum atomic E-state index is -3.67. The highest BCUT2D eigenvalue weighted by molar-refractivity contribution is 7.91. The summed E-state index contributed by atoms with van der Waals surface area (Å²) in [6.45, 7) is 0. The number of thiophene rings is 1. The van der Waals surface area contributed by atoms with E-state index in [1.165, 1.54) is 6.07 Å². The molecule has 1 aliphatic carbocycles. The van der Waals surface area contributed by atoms with E-state index in [0.717, 1.165) is 22.5 Å². The zero-order valence-electron chi connectivity index (χ0n) is 10.5. The molecule has 0 aliphatic heterocycles. The van der Waals surface area contributed by atoms with E-state index < -0.39 is 22.2 Å². The lowest BCUT2D eigenvalue weighted by molar-refractivity contribution is 0.151. The van der Waals surface area contributed by atoms with Gasteiger partial charge in [0.2, 0.25) is 0 Å². The van der Waals surface area contributed by atoms with Crippen LogP contribution in [0.5, 0.6) is 0 Å². The van der Waals surface area contributed by atoms with E-state index >= 15 is 0 Å². The predicted molar refractivity (Wildman–Crippen MR) is 77.9 cm³/mol. The first-order valence-electron chi connectivity index (χ1n) is 6.09. The molecular formula is C13H14N2O3S2. The first-order valence-corrected chi connectivity index (χ1v) is 8.46. The molecule has 0 saturated carbocycles. The molecule has 0 bridgehead atoms. The lowest BCUT2D eigenvalue weighted by atomic mass is 10.1. The summed E-state index contributed by atoms with van der Waals surface area (Å²) in [4.78, 5) is 0. The number of nitrogens with two attached hydrogens (primary N) is 1. The maximum Gasteiger partial charge on any atom is 0.250 e. The third-order valence-corrected chi connectivity index (χ3v) is 6.25. The average Bonchev–Trinajstić information content (AvgIpc) is 2.95. The topological polar surface area (TPSA) is 92.4 Å². The van der Waals surface area contributed by atoms with Gasteiger partial charge in [0, 0.05) is 17.5 Å². The number of nitrogen functional groups attached to an aromatic ring is 1. The van der Waals surface area contributed by atoms with Crippen molar-refractivity contribution in [2.24, 2.45) is 0 Å². The molecule has 0 fully saturated rings. The van der Waals surface area contributed by atoms with Crippen molar-refractivity contribution in [2.75, 3.05) is 5.73 Å². The first kappa shape index (κ1) is 13.6. The smallest absolute Gasteiger partial charge is 0.250 e. The molecule has 3 rings (SSSR count). The molecule has 7 heteroatoms. The van der Waals surface area contributed by atoms with Crippen LogP contribution in [-0.2, 0) is 16.4 Å². The van der Waals surface area contributed by atoms with Gasteiger partial charge < -0.3 is 10.8 Å². The van der Waals surface area contributed by atoms with E-state index in [2.05, 4.69) is 4.72 Å². The van der Waals surface area contributed by atoms with Crippen molar-refractivity contribution >= 4 is 27.0 Å². The SMILES string of the molecule is Nc1csc(S(=O)(=O)N[C@H]2c3ccccc3C[C@H]2O)c1. The van der Waals surface area contributed by atoms with Crippen LogP contribution in [0.2, 0.25) is 0 Å². The van der Waals surface area contributed by atoms with Crippen LogP contribution in [0.15, 0.2) is 39.9 Å². The largest absolute Gasteiger partial charge is 0.398 e. The summed E-state index contributed by atoms with van der Waals surface area (Å²) in [6, 6.07) is 8.25. The summed E-state index contributed by atoms with van der Waals surface area (Å²) < 4.78 is 27.3.